The van der Waals surface area contributed by atoms with Crippen molar-refractivity contribution in [3.63, 3.8) is 0 Å². The molecule has 0 aliphatic carbocycles. The molecule has 2 aromatic carbocycles. The molecule has 0 spiro atoms. The largest absolute Gasteiger partial charge is 0.339 e. The van der Waals surface area contributed by atoms with Crippen LogP contribution >= 0.6 is 12.4 Å². The number of fused-ring (bicyclic) bond motifs is 2. The maximum atomic E-state index is 13.2. The summed E-state index contributed by atoms with van der Waals surface area (Å²) in [5, 5.41) is 1.01. The normalized spacial score (nSPS) is 14.5. The summed E-state index contributed by atoms with van der Waals surface area (Å²) in [5.74, 6) is -0.0142. The van der Waals surface area contributed by atoms with Crippen molar-refractivity contribution in [1.82, 2.24) is 24.0 Å². The quantitative estimate of drug-likeness (QED) is 0.336. The van der Waals surface area contributed by atoms with Crippen LogP contribution in [0, 0.1) is 0 Å². The van der Waals surface area contributed by atoms with E-state index in [4.69, 9.17) is 0 Å². The molecule has 7 nitrogen and oxygen atoms in total. The number of aromatic nitrogens is 4. The Kier molecular flexibility index (Phi) is 6.72. The van der Waals surface area contributed by atoms with E-state index in [1.807, 2.05) is 77.2 Å². The van der Waals surface area contributed by atoms with Gasteiger partial charge in [-0.25, -0.2) is 9.78 Å². The summed E-state index contributed by atoms with van der Waals surface area (Å²) in [6, 6.07) is 22.0. The summed E-state index contributed by atoms with van der Waals surface area (Å²) in [4.78, 5) is 35.1. The molecule has 3 aromatic heterocycles. The number of para-hydroxylation sites is 2. The molecule has 37 heavy (non-hydrogen) atoms. The highest BCUT2D eigenvalue weighted by molar-refractivity contribution is 6.00. The molecule has 6 rings (SSSR count). The monoisotopic (exact) mass is 513 g/mol. The van der Waals surface area contributed by atoms with Crippen molar-refractivity contribution < 1.29 is 4.79 Å². The van der Waals surface area contributed by atoms with Gasteiger partial charge >= 0.3 is 5.69 Å². The zero-order chi connectivity index (χ0) is 24.6. The molecule has 0 radical (unpaired) electrons. The van der Waals surface area contributed by atoms with Crippen molar-refractivity contribution in [1.29, 1.82) is 0 Å². The second kappa shape index (κ2) is 10.1. The Morgan fingerprint density at radius 2 is 1.73 bits per heavy atom. The van der Waals surface area contributed by atoms with Crippen LogP contribution < -0.4 is 5.69 Å². The molecule has 1 fully saturated rings. The number of carbonyl (C=O) groups is 1. The molecule has 1 aliphatic rings. The number of halogens is 1. The second-order valence-electron chi connectivity index (χ2n) is 9.27. The first kappa shape index (κ1) is 24.6. The van der Waals surface area contributed by atoms with Crippen molar-refractivity contribution in [2.24, 2.45) is 7.05 Å². The van der Waals surface area contributed by atoms with Crippen LogP contribution in [0.5, 0.6) is 0 Å². The number of H-pyrrole nitrogens is 1. The summed E-state index contributed by atoms with van der Waals surface area (Å²) in [5.41, 5.74) is 5.67. The Hall–Kier alpha value is -4.10. The number of hydrogen-bond acceptors (Lipinski definition) is 3. The Morgan fingerprint density at radius 1 is 1.00 bits per heavy atom. The topological polar surface area (TPSA) is 75.9 Å². The number of rotatable bonds is 4. The van der Waals surface area contributed by atoms with Crippen molar-refractivity contribution in [3.05, 3.63) is 95.1 Å². The van der Waals surface area contributed by atoms with Gasteiger partial charge in [0.25, 0.3) is 0 Å². The van der Waals surface area contributed by atoms with E-state index in [-0.39, 0.29) is 30.0 Å². The Bertz CT molecular complexity index is 1660. The van der Waals surface area contributed by atoms with Crippen LogP contribution in [0.15, 0.2) is 83.8 Å². The van der Waals surface area contributed by atoms with Crippen LogP contribution in [0.2, 0.25) is 0 Å². The fourth-order valence-corrected chi connectivity index (χ4v) is 5.44. The first-order valence-electron chi connectivity index (χ1n) is 12.3. The third kappa shape index (κ3) is 4.36. The van der Waals surface area contributed by atoms with Crippen molar-refractivity contribution in [2.75, 3.05) is 13.1 Å². The van der Waals surface area contributed by atoms with Crippen molar-refractivity contribution in [2.45, 2.75) is 18.9 Å². The predicted molar refractivity (Wildman–Crippen MR) is 150 cm³/mol. The molecule has 0 atom stereocenters. The van der Waals surface area contributed by atoms with E-state index in [1.165, 1.54) is 0 Å². The molecule has 8 heteroatoms. The molecule has 1 saturated heterocycles. The summed E-state index contributed by atoms with van der Waals surface area (Å²) in [6.07, 6.45) is 6.87. The zero-order valence-corrected chi connectivity index (χ0v) is 21.3. The molecule has 1 amide bonds. The molecule has 0 unspecified atom stereocenters. The number of benzene rings is 2. The van der Waals surface area contributed by atoms with Crippen LogP contribution in [0.25, 0.3) is 39.4 Å². The zero-order valence-electron chi connectivity index (χ0n) is 20.5. The fourth-order valence-electron chi connectivity index (χ4n) is 5.44. The number of nitrogens with zero attached hydrogens (tertiary/aromatic N) is 4. The lowest BCUT2D eigenvalue weighted by molar-refractivity contribution is -0.127. The van der Waals surface area contributed by atoms with Gasteiger partial charge in [-0.1, -0.05) is 42.5 Å². The van der Waals surface area contributed by atoms with E-state index in [2.05, 4.69) is 26.7 Å². The SMILES string of the molecule is Cl.Cn1c(-c2ccccc2)c(/C=C/C(=O)N2CCC(n3c(=O)[nH]c4ccccc43)CC2)c2cccnc21. The molecule has 0 saturated carbocycles. The van der Waals surface area contributed by atoms with Gasteiger partial charge in [0, 0.05) is 49.4 Å². The molecule has 188 valence electrons. The van der Waals surface area contributed by atoms with Crippen LogP contribution in [-0.4, -0.2) is 43.0 Å². The van der Waals surface area contributed by atoms with Crippen LogP contribution in [0.3, 0.4) is 0 Å². The summed E-state index contributed by atoms with van der Waals surface area (Å²) in [6.45, 7) is 1.23. The molecular weight excluding hydrogens is 486 g/mol. The molecule has 0 bridgehead atoms. The molecule has 5 aromatic rings. The minimum absolute atomic E-state index is 0. The van der Waals surface area contributed by atoms with Gasteiger partial charge < -0.3 is 14.5 Å². The minimum Gasteiger partial charge on any atom is -0.339 e. The molecule has 4 heterocycles. The lowest BCUT2D eigenvalue weighted by Gasteiger charge is -2.32. The van der Waals surface area contributed by atoms with Crippen LogP contribution in [0.4, 0.5) is 0 Å². The van der Waals surface area contributed by atoms with E-state index in [0.29, 0.717) is 13.1 Å². The van der Waals surface area contributed by atoms with E-state index < -0.39 is 0 Å². The van der Waals surface area contributed by atoms with Crippen LogP contribution in [-0.2, 0) is 11.8 Å². The maximum absolute atomic E-state index is 13.2. The number of piperidine rings is 1. The third-order valence-electron chi connectivity index (χ3n) is 7.19. The van der Waals surface area contributed by atoms with E-state index in [9.17, 15) is 9.59 Å². The van der Waals surface area contributed by atoms with Gasteiger partial charge in [0.2, 0.25) is 5.91 Å². The lowest BCUT2D eigenvalue weighted by atomic mass is 10.0. The third-order valence-corrected chi connectivity index (χ3v) is 7.19. The lowest BCUT2D eigenvalue weighted by Crippen LogP contribution is -2.39. The summed E-state index contributed by atoms with van der Waals surface area (Å²) < 4.78 is 3.93. The number of pyridine rings is 1. The number of aryl methyl sites for hydroxylation is 1. The number of aromatic amines is 1. The van der Waals surface area contributed by atoms with Crippen molar-refractivity contribution >= 4 is 46.5 Å². The number of imidazole rings is 1. The van der Waals surface area contributed by atoms with Crippen LogP contribution in [0.1, 0.15) is 24.4 Å². The summed E-state index contributed by atoms with van der Waals surface area (Å²) >= 11 is 0. The highest BCUT2D eigenvalue weighted by atomic mass is 35.5. The smallest absolute Gasteiger partial charge is 0.326 e. The minimum atomic E-state index is -0.0844. The van der Waals surface area contributed by atoms with E-state index >= 15 is 0 Å². The first-order chi connectivity index (χ1) is 17.6. The summed E-state index contributed by atoms with van der Waals surface area (Å²) in [7, 11) is 2.01. The molecular formula is C29H28ClN5O2. The van der Waals surface area contributed by atoms with Crippen molar-refractivity contribution in [3.8, 4) is 11.3 Å². The average Bonchev–Trinajstić information content (AvgIpc) is 3.41. The number of hydrogen-bond donors (Lipinski definition) is 1. The van der Waals surface area contributed by atoms with Gasteiger partial charge in [0.1, 0.15) is 5.65 Å². The number of amides is 1. The van der Waals surface area contributed by atoms with Gasteiger partial charge in [0.05, 0.1) is 16.7 Å². The number of nitrogens with one attached hydrogen (secondary N) is 1. The highest BCUT2D eigenvalue weighted by Crippen LogP contribution is 2.33. The van der Waals surface area contributed by atoms with Gasteiger partial charge in [-0.15, -0.1) is 12.4 Å². The van der Waals surface area contributed by atoms with E-state index in [0.717, 1.165) is 51.7 Å². The second-order valence-corrected chi connectivity index (χ2v) is 9.27. The Balaban J connectivity index is 0.00000280. The first-order valence-corrected chi connectivity index (χ1v) is 12.3. The number of carbonyl (C=O) groups excluding carboxylic acids is 1. The predicted octanol–water partition coefficient (Wildman–Crippen LogP) is 5.18. The number of likely N-dealkylation sites (tertiary alicyclic amines) is 1. The fraction of sp³-hybridized carbons (Fsp3) is 0.207. The molecule has 1 N–H and O–H groups in total. The Morgan fingerprint density at radius 3 is 2.51 bits per heavy atom. The standard InChI is InChI=1S/C29H27N5O2.ClH/c1-32-27(20-8-3-2-4-9-20)22(23-10-7-17-30-28(23)32)13-14-26(35)33-18-15-21(16-19-33)34-25-12-6-5-11-24(25)31-29(34)36;/h2-14,17,21H,15-16,18-19H2,1H3,(H,31,36);1H/b14-13+;. The van der Waals surface area contributed by atoms with Gasteiger partial charge in [-0.3, -0.25) is 9.36 Å². The Labute approximate surface area is 220 Å². The highest BCUT2D eigenvalue weighted by Gasteiger charge is 2.25. The van der Waals surface area contributed by atoms with Gasteiger partial charge in [-0.2, -0.15) is 0 Å². The maximum Gasteiger partial charge on any atom is 0.326 e. The average molecular weight is 514 g/mol. The molecule has 1 aliphatic heterocycles. The van der Waals surface area contributed by atoms with Gasteiger partial charge in [0.15, 0.2) is 0 Å². The van der Waals surface area contributed by atoms with E-state index in [1.54, 1.807) is 12.3 Å². The van der Waals surface area contributed by atoms with Gasteiger partial charge in [-0.05, 0) is 48.7 Å².